The molecule has 1 aliphatic rings. The van der Waals surface area contributed by atoms with E-state index in [0.29, 0.717) is 5.76 Å². The van der Waals surface area contributed by atoms with Gasteiger partial charge in [0.25, 0.3) is 0 Å². The molecule has 1 nitrogen and oxygen atoms in total. The zero-order valence-electron chi connectivity index (χ0n) is 14.7. The van der Waals surface area contributed by atoms with Crippen molar-refractivity contribution in [3.63, 3.8) is 0 Å². The number of aliphatic hydroxyl groups excluding tert-OH is 1. The molecule has 118 valence electrons. The molecule has 0 fully saturated rings. The minimum absolute atomic E-state index is 0.0371. The molecule has 0 aromatic heterocycles. The summed E-state index contributed by atoms with van der Waals surface area (Å²) in [4.78, 5) is 0. The lowest BCUT2D eigenvalue weighted by Crippen LogP contribution is -2.21. The van der Waals surface area contributed by atoms with E-state index in [1.165, 1.54) is 11.1 Å². The van der Waals surface area contributed by atoms with Crippen LogP contribution < -0.4 is 0 Å². The predicted octanol–water partition coefficient (Wildman–Crippen LogP) is 6.30. The van der Waals surface area contributed by atoms with E-state index in [0.717, 1.165) is 17.6 Å². The van der Waals surface area contributed by atoms with Gasteiger partial charge in [0, 0.05) is 0 Å². The average Bonchev–Trinajstić information content (AvgIpc) is 2.39. The number of hydrogen-bond acceptors (Lipinski definition) is 1. The van der Waals surface area contributed by atoms with Crippen molar-refractivity contribution in [2.75, 3.05) is 0 Å². The van der Waals surface area contributed by atoms with E-state index in [4.69, 9.17) is 0 Å². The Morgan fingerprint density at radius 1 is 0.909 bits per heavy atom. The molecule has 1 aromatic rings. The molecule has 0 radical (unpaired) electrons. The Labute approximate surface area is 135 Å². The molecule has 1 aliphatic carbocycles. The smallest absolute Gasteiger partial charge is 0.119 e. The molecule has 1 N–H and O–H groups in total. The summed E-state index contributed by atoms with van der Waals surface area (Å²) in [5, 5.41) is 10.8. The van der Waals surface area contributed by atoms with Crippen LogP contribution in [0.1, 0.15) is 53.5 Å². The van der Waals surface area contributed by atoms with E-state index in [-0.39, 0.29) is 10.8 Å². The molecule has 0 saturated carbocycles. The standard InChI is InChI=1S/C21H28O/c1-20(2,3)17-13-16(12-15-10-8-7-9-11-15)14-18(19(17)22)21(4,5)6/h7-13,22H,14H2,1-6H3. The van der Waals surface area contributed by atoms with Crippen LogP contribution in [0.3, 0.4) is 0 Å². The van der Waals surface area contributed by atoms with Gasteiger partial charge in [-0.05, 0) is 39.5 Å². The average molecular weight is 296 g/mol. The third kappa shape index (κ3) is 3.71. The fraction of sp³-hybridized carbons (Fsp3) is 0.429. The van der Waals surface area contributed by atoms with Crippen LogP contribution in [-0.2, 0) is 0 Å². The van der Waals surface area contributed by atoms with Gasteiger partial charge in [0.05, 0.1) is 0 Å². The number of benzene rings is 1. The van der Waals surface area contributed by atoms with Crippen LogP contribution in [0.4, 0.5) is 0 Å². The third-order valence-electron chi connectivity index (χ3n) is 4.12. The minimum Gasteiger partial charge on any atom is -0.508 e. The highest BCUT2D eigenvalue weighted by atomic mass is 16.3. The van der Waals surface area contributed by atoms with E-state index >= 15 is 0 Å². The highest BCUT2D eigenvalue weighted by molar-refractivity contribution is 5.61. The summed E-state index contributed by atoms with van der Waals surface area (Å²) >= 11 is 0. The number of aliphatic hydroxyl groups is 1. The van der Waals surface area contributed by atoms with Crippen LogP contribution in [-0.4, -0.2) is 5.11 Å². The zero-order chi connectivity index (χ0) is 16.5. The van der Waals surface area contributed by atoms with Crippen LogP contribution in [0, 0.1) is 10.8 Å². The molecule has 0 heterocycles. The van der Waals surface area contributed by atoms with Crippen LogP contribution in [0.5, 0.6) is 0 Å². The van der Waals surface area contributed by atoms with Gasteiger partial charge in [-0.2, -0.15) is 0 Å². The van der Waals surface area contributed by atoms with Gasteiger partial charge in [-0.15, -0.1) is 0 Å². The van der Waals surface area contributed by atoms with Crippen molar-refractivity contribution in [1.29, 1.82) is 0 Å². The molecular weight excluding hydrogens is 268 g/mol. The molecular formula is C21H28O. The van der Waals surface area contributed by atoms with E-state index in [9.17, 15) is 5.11 Å². The summed E-state index contributed by atoms with van der Waals surface area (Å²) in [6.07, 6.45) is 5.20. The second-order valence-corrected chi connectivity index (χ2v) is 8.19. The van der Waals surface area contributed by atoms with Crippen molar-refractivity contribution in [2.45, 2.75) is 48.0 Å². The summed E-state index contributed by atoms with van der Waals surface area (Å²) in [6.45, 7) is 13.0. The summed E-state index contributed by atoms with van der Waals surface area (Å²) in [6, 6.07) is 10.4. The van der Waals surface area contributed by atoms with Crippen LogP contribution >= 0.6 is 0 Å². The van der Waals surface area contributed by atoms with Gasteiger partial charge in [0.2, 0.25) is 0 Å². The van der Waals surface area contributed by atoms with Gasteiger partial charge >= 0.3 is 0 Å². The first-order chi connectivity index (χ1) is 10.1. The van der Waals surface area contributed by atoms with E-state index in [1.54, 1.807) is 0 Å². The molecule has 0 aliphatic heterocycles. The summed E-state index contributed by atoms with van der Waals surface area (Å²) < 4.78 is 0. The van der Waals surface area contributed by atoms with Crippen molar-refractivity contribution >= 4 is 6.08 Å². The van der Waals surface area contributed by atoms with Gasteiger partial charge in [0.15, 0.2) is 0 Å². The summed E-state index contributed by atoms with van der Waals surface area (Å²) in [5.74, 6) is 0.491. The highest BCUT2D eigenvalue weighted by Gasteiger charge is 2.31. The first kappa shape index (κ1) is 16.6. The molecule has 0 unspecified atom stereocenters. The molecule has 0 bridgehead atoms. The molecule has 2 rings (SSSR count). The summed E-state index contributed by atoms with van der Waals surface area (Å²) in [5.41, 5.74) is 4.52. The Morgan fingerprint density at radius 3 is 2.00 bits per heavy atom. The Morgan fingerprint density at radius 2 is 1.50 bits per heavy atom. The molecule has 1 heteroatoms. The molecule has 0 spiro atoms. The van der Waals surface area contributed by atoms with Crippen molar-refractivity contribution in [1.82, 2.24) is 0 Å². The fourth-order valence-corrected chi connectivity index (χ4v) is 2.80. The molecule has 0 saturated heterocycles. The number of allylic oxidation sites excluding steroid dienone is 4. The van der Waals surface area contributed by atoms with Crippen molar-refractivity contribution in [3.05, 3.63) is 64.4 Å². The lowest BCUT2D eigenvalue weighted by atomic mass is 9.72. The monoisotopic (exact) mass is 296 g/mol. The quantitative estimate of drug-likeness (QED) is 0.644. The van der Waals surface area contributed by atoms with Gasteiger partial charge in [-0.1, -0.05) is 84.0 Å². The zero-order valence-corrected chi connectivity index (χ0v) is 14.7. The predicted molar refractivity (Wildman–Crippen MR) is 95.7 cm³/mol. The SMILES string of the molecule is CC(C)(C)C1=CC(=Cc2ccccc2)CC(C(C)(C)C)=C1O. The topological polar surface area (TPSA) is 20.2 Å². The second kappa shape index (κ2) is 5.79. The van der Waals surface area contributed by atoms with Gasteiger partial charge < -0.3 is 5.11 Å². The maximum Gasteiger partial charge on any atom is 0.119 e. The minimum atomic E-state index is -0.0726. The van der Waals surface area contributed by atoms with E-state index in [1.807, 2.05) is 6.07 Å². The number of hydrogen-bond donors (Lipinski definition) is 1. The van der Waals surface area contributed by atoms with E-state index < -0.39 is 0 Å². The Balaban J connectivity index is 2.53. The fourth-order valence-electron chi connectivity index (χ4n) is 2.80. The Bertz CT molecular complexity index is 629. The molecule has 1 aromatic carbocycles. The maximum absolute atomic E-state index is 10.8. The Hall–Kier alpha value is -1.76. The number of rotatable bonds is 1. The van der Waals surface area contributed by atoms with Crippen LogP contribution in [0.15, 0.2) is 58.9 Å². The van der Waals surface area contributed by atoms with Gasteiger partial charge in [0.1, 0.15) is 5.76 Å². The highest BCUT2D eigenvalue weighted by Crippen LogP contribution is 2.43. The first-order valence-corrected chi connectivity index (χ1v) is 8.00. The normalized spacial score (nSPS) is 18.6. The molecule has 0 amide bonds. The van der Waals surface area contributed by atoms with Crippen molar-refractivity contribution < 1.29 is 5.11 Å². The third-order valence-corrected chi connectivity index (χ3v) is 4.12. The lowest BCUT2D eigenvalue weighted by Gasteiger charge is -2.33. The lowest BCUT2D eigenvalue weighted by molar-refractivity contribution is 0.344. The van der Waals surface area contributed by atoms with Crippen LogP contribution in [0.25, 0.3) is 6.08 Å². The van der Waals surface area contributed by atoms with Gasteiger partial charge in [-0.25, -0.2) is 0 Å². The van der Waals surface area contributed by atoms with E-state index in [2.05, 4.69) is 78.0 Å². The first-order valence-electron chi connectivity index (χ1n) is 8.00. The largest absolute Gasteiger partial charge is 0.508 e. The van der Waals surface area contributed by atoms with Crippen LogP contribution in [0.2, 0.25) is 0 Å². The maximum atomic E-state index is 10.8. The van der Waals surface area contributed by atoms with Gasteiger partial charge in [-0.3, -0.25) is 0 Å². The summed E-state index contributed by atoms with van der Waals surface area (Å²) in [7, 11) is 0. The Kier molecular flexibility index (Phi) is 4.37. The molecule has 22 heavy (non-hydrogen) atoms. The second-order valence-electron chi connectivity index (χ2n) is 8.19. The molecule has 0 atom stereocenters. The van der Waals surface area contributed by atoms with Crippen molar-refractivity contribution in [2.24, 2.45) is 10.8 Å². The van der Waals surface area contributed by atoms with Crippen molar-refractivity contribution in [3.8, 4) is 0 Å².